The Labute approximate surface area is 102 Å². The first kappa shape index (κ1) is 14.0. The fraction of sp³-hybridized carbons (Fsp3) is 1.00. The van der Waals surface area contributed by atoms with Crippen LogP contribution in [0.2, 0.25) is 0 Å². The van der Waals surface area contributed by atoms with Gasteiger partial charge >= 0.3 is 0 Å². The van der Waals surface area contributed by atoms with Crippen LogP contribution in [0, 0.1) is 0 Å². The van der Waals surface area contributed by atoms with Gasteiger partial charge in [0.05, 0.1) is 0 Å². The third-order valence-electron chi connectivity index (χ3n) is 4.16. The van der Waals surface area contributed by atoms with Gasteiger partial charge in [0.15, 0.2) is 0 Å². The monoisotopic (exact) mass is 226 g/mol. The molecule has 0 aromatic rings. The van der Waals surface area contributed by atoms with E-state index < -0.39 is 0 Å². The van der Waals surface area contributed by atoms with Crippen molar-refractivity contribution in [3.05, 3.63) is 0 Å². The number of hydrogen-bond donors (Lipinski definition) is 1. The Morgan fingerprint density at radius 1 is 1.12 bits per heavy atom. The minimum atomic E-state index is 0.718. The normalized spacial score (nSPS) is 27.6. The molecule has 2 nitrogen and oxygen atoms in total. The largest absolute Gasteiger partial charge is 0.313 e. The van der Waals surface area contributed by atoms with Gasteiger partial charge < -0.3 is 5.32 Å². The highest BCUT2D eigenvalue weighted by Gasteiger charge is 2.23. The second-order valence-electron chi connectivity index (χ2n) is 5.33. The second kappa shape index (κ2) is 7.29. The van der Waals surface area contributed by atoms with Crippen molar-refractivity contribution in [1.29, 1.82) is 0 Å². The number of nitrogens with zero attached hydrogens (tertiary/aromatic N) is 1. The van der Waals surface area contributed by atoms with Gasteiger partial charge in [0.1, 0.15) is 0 Å². The summed E-state index contributed by atoms with van der Waals surface area (Å²) in [5.41, 5.74) is 0. The molecule has 2 heteroatoms. The maximum absolute atomic E-state index is 3.67. The summed E-state index contributed by atoms with van der Waals surface area (Å²) >= 11 is 0. The quantitative estimate of drug-likeness (QED) is 0.749. The molecule has 0 aromatic heterocycles. The molecule has 0 radical (unpaired) electrons. The molecule has 0 aromatic carbocycles. The molecule has 2 atom stereocenters. The van der Waals surface area contributed by atoms with Crippen molar-refractivity contribution in [2.75, 3.05) is 13.1 Å². The summed E-state index contributed by atoms with van der Waals surface area (Å²) in [6.07, 6.45) is 6.69. The molecule has 1 aliphatic rings. The molecule has 1 rings (SSSR count). The van der Waals surface area contributed by atoms with Crippen LogP contribution in [0.4, 0.5) is 0 Å². The number of piperidine rings is 1. The van der Waals surface area contributed by atoms with E-state index in [-0.39, 0.29) is 0 Å². The topological polar surface area (TPSA) is 15.3 Å². The predicted octanol–water partition coefficient (Wildman–Crippen LogP) is 3.03. The van der Waals surface area contributed by atoms with E-state index in [4.69, 9.17) is 0 Å². The average Bonchev–Trinajstić information content (AvgIpc) is 2.28. The van der Waals surface area contributed by atoms with Gasteiger partial charge in [0, 0.05) is 31.2 Å². The first-order valence-corrected chi connectivity index (χ1v) is 7.18. The standard InChI is InChI=1S/C14H30N2/c1-5-14(6-2)15-10-11-16-12(3)8-7-9-13(16)4/h12-15H,5-11H2,1-4H3. The van der Waals surface area contributed by atoms with E-state index in [9.17, 15) is 0 Å². The van der Waals surface area contributed by atoms with Gasteiger partial charge in [-0.25, -0.2) is 0 Å². The zero-order valence-corrected chi connectivity index (χ0v) is 11.6. The molecule has 16 heavy (non-hydrogen) atoms. The lowest BCUT2D eigenvalue weighted by Gasteiger charge is -2.39. The van der Waals surface area contributed by atoms with Crippen molar-refractivity contribution < 1.29 is 0 Å². The van der Waals surface area contributed by atoms with Gasteiger partial charge in [-0.3, -0.25) is 4.90 Å². The maximum atomic E-state index is 3.67. The Bertz CT molecular complexity index is 168. The highest BCUT2D eigenvalue weighted by molar-refractivity contribution is 4.80. The third kappa shape index (κ3) is 4.06. The number of nitrogens with one attached hydrogen (secondary N) is 1. The molecular formula is C14H30N2. The van der Waals surface area contributed by atoms with Crippen molar-refractivity contribution in [3.8, 4) is 0 Å². The van der Waals surface area contributed by atoms with E-state index in [0.717, 1.165) is 24.7 Å². The fourth-order valence-corrected chi connectivity index (χ4v) is 2.89. The third-order valence-corrected chi connectivity index (χ3v) is 4.16. The van der Waals surface area contributed by atoms with Crippen LogP contribution >= 0.6 is 0 Å². The SMILES string of the molecule is CCC(CC)NCCN1C(C)CCCC1C. The lowest BCUT2D eigenvalue weighted by Crippen LogP contribution is -2.47. The highest BCUT2D eigenvalue weighted by Crippen LogP contribution is 2.21. The van der Waals surface area contributed by atoms with Crippen LogP contribution in [0.5, 0.6) is 0 Å². The fourth-order valence-electron chi connectivity index (χ4n) is 2.89. The van der Waals surface area contributed by atoms with Gasteiger partial charge in [-0.05, 0) is 39.5 Å². The molecule has 1 N–H and O–H groups in total. The summed E-state index contributed by atoms with van der Waals surface area (Å²) in [7, 11) is 0. The first-order valence-electron chi connectivity index (χ1n) is 7.18. The molecule has 1 saturated heterocycles. The van der Waals surface area contributed by atoms with Crippen LogP contribution in [-0.2, 0) is 0 Å². The Morgan fingerprint density at radius 2 is 1.69 bits per heavy atom. The molecule has 96 valence electrons. The molecule has 0 amide bonds. The van der Waals surface area contributed by atoms with E-state index in [1.807, 2.05) is 0 Å². The Morgan fingerprint density at radius 3 is 2.19 bits per heavy atom. The van der Waals surface area contributed by atoms with Crippen molar-refractivity contribution in [2.45, 2.75) is 77.9 Å². The molecule has 1 fully saturated rings. The highest BCUT2D eigenvalue weighted by atomic mass is 15.2. The van der Waals surface area contributed by atoms with E-state index in [2.05, 4.69) is 37.9 Å². The predicted molar refractivity (Wildman–Crippen MR) is 71.9 cm³/mol. The molecule has 1 heterocycles. The summed E-state index contributed by atoms with van der Waals surface area (Å²) in [4.78, 5) is 2.68. The zero-order chi connectivity index (χ0) is 12.0. The van der Waals surface area contributed by atoms with Crippen molar-refractivity contribution in [3.63, 3.8) is 0 Å². The number of rotatable bonds is 6. The number of hydrogen-bond acceptors (Lipinski definition) is 2. The summed E-state index contributed by atoms with van der Waals surface area (Å²) in [5.74, 6) is 0. The molecule has 1 aliphatic heterocycles. The molecule has 0 aliphatic carbocycles. The lowest BCUT2D eigenvalue weighted by molar-refractivity contribution is 0.103. The van der Waals surface area contributed by atoms with E-state index in [0.29, 0.717) is 0 Å². The van der Waals surface area contributed by atoms with Gasteiger partial charge in [0.2, 0.25) is 0 Å². The van der Waals surface area contributed by atoms with Crippen LogP contribution in [-0.4, -0.2) is 36.1 Å². The van der Waals surface area contributed by atoms with Crippen molar-refractivity contribution in [2.24, 2.45) is 0 Å². The minimum Gasteiger partial charge on any atom is -0.313 e. The van der Waals surface area contributed by atoms with Crippen LogP contribution in [0.1, 0.15) is 59.8 Å². The van der Waals surface area contributed by atoms with Crippen LogP contribution in [0.3, 0.4) is 0 Å². The molecule has 0 saturated carbocycles. The van der Waals surface area contributed by atoms with E-state index in [1.165, 1.54) is 38.6 Å². The smallest absolute Gasteiger partial charge is 0.0113 e. The first-order chi connectivity index (χ1) is 7.69. The Kier molecular flexibility index (Phi) is 6.37. The maximum Gasteiger partial charge on any atom is 0.0113 e. The van der Waals surface area contributed by atoms with Gasteiger partial charge in [0.25, 0.3) is 0 Å². The molecular weight excluding hydrogens is 196 g/mol. The van der Waals surface area contributed by atoms with Gasteiger partial charge in [-0.15, -0.1) is 0 Å². The van der Waals surface area contributed by atoms with E-state index >= 15 is 0 Å². The summed E-state index contributed by atoms with van der Waals surface area (Å²) < 4.78 is 0. The zero-order valence-electron chi connectivity index (χ0n) is 11.6. The minimum absolute atomic E-state index is 0.718. The van der Waals surface area contributed by atoms with Crippen LogP contribution < -0.4 is 5.32 Å². The Balaban J connectivity index is 2.24. The Hall–Kier alpha value is -0.0800. The number of likely N-dealkylation sites (tertiary alicyclic amines) is 1. The molecule has 2 unspecified atom stereocenters. The van der Waals surface area contributed by atoms with E-state index in [1.54, 1.807) is 0 Å². The molecule has 0 spiro atoms. The summed E-state index contributed by atoms with van der Waals surface area (Å²) in [5, 5.41) is 3.67. The lowest BCUT2D eigenvalue weighted by atomic mass is 9.97. The van der Waals surface area contributed by atoms with Crippen molar-refractivity contribution >= 4 is 0 Å². The van der Waals surface area contributed by atoms with Gasteiger partial charge in [-0.2, -0.15) is 0 Å². The summed E-state index contributed by atoms with van der Waals surface area (Å²) in [6, 6.07) is 2.29. The van der Waals surface area contributed by atoms with Crippen molar-refractivity contribution in [1.82, 2.24) is 10.2 Å². The van der Waals surface area contributed by atoms with Crippen LogP contribution in [0.25, 0.3) is 0 Å². The average molecular weight is 226 g/mol. The molecule has 0 bridgehead atoms. The second-order valence-corrected chi connectivity index (χ2v) is 5.33. The van der Waals surface area contributed by atoms with Crippen LogP contribution in [0.15, 0.2) is 0 Å². The summed E-state index contributed by atoms with van der Waals surface area (Å²) in [6.45, 7) is 11.7. The van der Waals surface area contributed by atoms with Gasteiger partial charge in [-0.1, -0.05) is 20.3 Å².